The molecule has 0 N–H and O–H groups in total. The van der Waals surface area contributed by atoms with Gasteiger partial charge in [-0.3, -0.25) is 19.8 Å². The van der Waals surface area contributed by atoms with Crippen molar-refractivity contribution in [1.82, 2.24) is 14.7 Å². The van der Waals surface area contributed by atoms with Crippen LogP contribution < -0.4 is 4.90 Å². The summed E-state index contributed by atoms with van der Waals surface area (Å²) in [4.78, 5) is 32.8. The van der Waals surface area contributed by atoms with Crippen molar-refractivity contribution in [3.8, 4) is 0 Å². The normalized spacial score (nSPS) is 24.1. The number of nitro benzene ring substituents is 1. The lowest BCUT2D eigenvalue weighted by atomic mass is 10.0. The molecule has 164 valence electrons. The smallest absolute Gasteiger partial charge is 0.293 e. The van der Waals surface area contributed by atoms with Crippen molar-refractivity contribution in [2.24, 2.45) is 0 Å². The fourth-order valence-electron chi connectivity index (χ4n) is 4.78. The zero-order chi connectivity index (χ0) is 21.1. The van der Waals surface area contributed by atoms with Crippen molar-refractivity contribution in [2.75, 3.05) is 77.5 Å². The number of amides is 1. The van der Waals surface area contributed by atoms with Gasteiger partial charge >= 0.3 is 0 Å². The van der Waals surface area contributed by atoms with Crippen molar-refractivity contribution in [2.45, 2.75) is 18.9 Å². The zero-order valence-electron chi connectivity index (χ0n) is 17.7. The maximum Gasteiger partial charge on any atom is 0.293 e. The Hall–Kier alpha value is -2.23. The Morgan fingerprint density at radius 3 is 2.50 bits per heavy atom. The Labute approximate surface area is 177 Å². The van der Waals surface area contributed by atoms with Crippen LogP contribution in [0.1, 0.15) is 23.2 Å². The lowest BCUT2D eigenvalue weighted by Crippen LogP contribution is -2.54. The number of ether oxygens (including phenoxy) is 1. The van der Waals surface area contributed by atoms with E-state index in [1.165, 1.54) is 18.9 Å². The molecule has 9 heteroatoms. The molecular weight excluding hydrogens is 386 g/mol. The molecule has 0 spiro atoms. The van der Waals surface area contributed by atoms with Crippen LogP contribution in [0.5, 0.6) is 0 Å². The quantitative estimate of drug-likeness (QED) is 0.539. The Bertz CT molecular complexity index is 775. The molecule has 3 fully saturated rings. The highest BCUT2D eigenvalue weighted by molar-refractivity contribution is 5.96. The number of piperidine rings is 1. The number of hydrogen-bond donors (Lipinski definition) is 0. The number of carbonyl (C=O) groups is 1. The first-order valence-corrected chi connectivity index (χ1v) is 10.9. The van der Waals surface area contributed by atoms with E-state index in [0.717, 1.165) is 39.3 Å². The van der Waals surface area contributed by atoms with Gasteiger partial charge < -0.3 is 19.4 Å². The first-order valence-electron chi connectivity index (χ1n) is 10.9. The number of nitrogens with zero attached hydrogens (tertiary/aromatic N) is 5. The molecule has 1 atom stereocenters. The molecule has 30 heavy (non-hydrogen) atoms. The number of carbonyl (C=O) groups excluding carboxylic acids is 1. The molecule has 3 saturated heterocycles. The second kappa shape index (κ2) is 9.28. The third-order valence-corrected chi connectivity index (χ3v) is 6.49. The Balaban J connectivity index is 1.45. The van der Waals surface area contributed by atoms with E-state index in [1.54, 1.807) is 17.0 Å². The molecule has 0 bridgehead atoms. The highest BCUT2D eigenvalue weighted by Crippen LogP contribution is 2.31. The van der Waals surface area contributed by atoms with Gasteiger partial charge in [-0.1, -0.05) is 0 Å². The lowest BCUT2D eigenvalue weighted by molar-refractivity contribution is -0.384. The van der Waals surface area contributed by atoms with E-state index in [1.807, 2.05) is 0 Å². The fourth-order valence-corrected chi connectivity index (χ4v) is 4.78. The van der Waals surface area contributed by atoms with Crippen molar-refractivity contribution in [3.63, 3.8) is 0 Å². The molecule has 3 aliphatic heterocycles. The third-order valence-electron chi connectivity index (χ3n) is 6.49. The van der Waals surface area contributed by atoms with Gasteiger partial charge in [-0.15, -0.1) is 0 Å². The average molecular weight is 418 g/mol. The van der Waals surface area contributed by atoms with Gasteiger partial charge in [0.2, 0.25) is 0 Å². The van der Waals surface area contributed by atoms with E-state index in [2.05, 4.69) is 21.7 Å². The summed E-state index contributed by atoms with van der Waals surface area (Å²) in [6, 6.07) is 5.49. The van der Waals surface area contributed by atoms with Crippen LogP contribution in [0.3, 0.4) is 0 Å². The Kier molecular flexibility index (Phi) is 6.50. The molecule has 1 aromatic carbocycles. The van der Waals surface area contributed by atoms with E-state index in [4.69, 9.17) is 4.74 Å². The topological polar surface area (TPSA) is 82.4 Å². The number of nitro groups is 1. The molecule has 0 radical (unpaired) electrons. The van der Waals surface area contributed by atoms with E-state index in [9.17, 15) is 14.9 Å². The maximum atomic E-state index is 12.7. The molecule has 0 saturated carbocycles. The number of benzene rings is 1. The van der Waals surface area contributed by atoms with Crippen LogP contribution in [0.15, 0.2) is 18.2 Å². The minimum absolute atomic E-state index is 0.0139. The number of likely N-dealkylation sites (tertiary alicyclic amines) is 1. The first kappa shape index (κ1) is 21.0. The van der Waals surface area contributed by atoms with Gasteiger partial charge in [0, 0.05) is 63.5 Å². The number of piperazine rings is 1. The number of rotatable bonds is 4. The number of hydrogen-bond acceptors (Lipinski definition) is 7. The van der Waals surface area contributed by atoms with Crippen LogP contribution in [-0.2, 0) is 4.74 Å². The van der Waals surface area contributed by atoms with Gasteiger partial charge in [0.05, 0.1) is 18.1 Å². The predicted molar refractivity (Wildman–Crippen MR) is 114 cm³/mol. The molecule has 4 rings (SSSR count). The SMILES string of the molecule is CN1CCCC(N2CCN(c3ccc(C(=O)N4CCOCC4)cc3[N+](=O)[O-])CC2)C1. The van der Waals surface area contributed by atoms with Crippen molar-refractivity contribution >= 4 is 17.3 Å². The van der Waals surface area contributed by atoms with Crippen molar-refractivity contribution in [1.29, 1.82) is 0 Å². The number of morpholine rings is 1. The molecule has 0 aromatic heterocycles. The standard InChI is InChI=1S/C21H31N5O4/c1-22-6-2-3-18(16-22)23-7-9-24(10-8-23)19-5-4-17(15-20(19)26(28)29)21(27)25-11-13-30-14-12-25/h4-5,15,18H,2-3,6-14,16H2,1H3. The van der Waals surface area contributed by atoms with Gasteiger partial charge in [0.25, 0.3) is 11.6 Å². The highest BCUT2D eigenvalue weighted by atomic mass is 16.6. The summed E-state index contributed by atoms with van der Waals surface area (Å²) >= 11 is 0. The van der Waals surface area contributed by atoms with E-state index < -0.39 is 0 Å². The molecule has 0 aliphatic carbocycles. The monoisotopic (exact) mass is 417 g/mol. The second-order valence-corrected chi connectivity index (χ2v) is 8.45. The van der Waals surface area contributed by atoms with Gasteiger partial charge in [0.1, 0.15) is 5.69 Å². The molecule has 3 aliphatic rings. The molecule has 1 aromatic rings. The summed E-state index contributed by atoms with van der Waals surface area (Å²) in [5.41, 5.74) is 0.995. The highest BCUT2D eigenvalue weighted by Gasteiger charge is 2.30. The van der Waals surface area contributed by atoms with Gasteiger partial charge in [-0.2, -0.15) is 0 Å². The molecule has 3 heterocycles. The minimum Gasteiger partial charge on any atom is -0.378 e. The van der Waals surface area contributed by atoms with Crippen molar-refractivity contribution in [3.05, 3.63) is 33.9 Å². The second-order valence-electron chi connectivity index (χ2n) is 8.45. The first-order chi connectivity index (χ1) is 14.5. The summed E-state index contributed by atoms with van der Waals surface area (Å²) in [7, 11) is 2.17. The van der Waals surface area contributed by atoms with Gasteiger partial charge in [-0.05, 0) is 38.6 Å². The summed E-state index contributed by atoms with van der Waals surface area (Å²) in [5, 5.41) is 11.8. The summed E-state index contributed by atoms with van der Waals surface area (Å²) in [5.74, 6) is -0.167. The number of likely N-dealkylation sites (N-methyl/N-ethyl adjacent to an activating group) is 1. The van der Waals surface area contributed by atoms with Crippen LogP contribution in [0, 0.1) is 10.1 Å². The van der Waals surface area contributed by atoms with Crippen LogP contribution in [0.4, 0.5) is 11.4 Å². The van der Waals surface area contributed by atoms with Gasteiger partial charge in [-0.25, -0.2) is 0 Å². The number of anilines is 1. The maximum absolute atomic E-state index is 12.7. The van der Waals surface area contributed by atoms with Crippen LogP contribution in [0.2, 0.25) is 0 Å². The Morgan fingerprint density at radius 1 is 1.10 bits per heavy atom. The minimum atomic E-state index is -0.367. The van der Waals surface area contributed by atoms with Gasteiger partial charge in [0.15, 0.2) is 0 Å². The summed E-state index contributed by atoms with van der Waals surface area (Å²) in [6.45, 7) is 7.65. The molecular formula is C21H31N5O4. The van der Waals surface area contributed by atoms with Crippen LogP contribution in [0.25, 0.3) is 0 Å². The molecule has 9 nitrogen and oxygen atoms in total. The average Bonchev–Trinajstić information content (AvgIpc) is 2.79. The zero-order valence-corrected chi connectivity index (χ0v) is 17.7. The lowest BCUT2D eigenvalue weighted by Gasteiger charge is -2.43. The summed E-state index contributed by atoms with van der Waals surface area (Å²) in [6.07, 6.45) is 2.45. The van der Waals surface area contributed by atoms with E-state index in [-0.39, 0.29) is 16.5 Å². The van der Waals surface area contributed by atoms with Crippen LogP contribution >= 0.6 is 0 Å². The third kappa shape index (κ3) is 4.58. The molecule has 1 amide bonds. The Morgan fingerprint density at radius 2 is 1.83 bits per heavy atom. The van der Waals surface area contributed by atoms with Crippen LogP contribution in [-0.4, -0.2) is 104 Å². The molecule has 1 unspecified atom stereocenters. The van der Waals surface area contributed by atoms with Crippen molar-refractivity contribution < 1.29 is 14.5 Å². The fraction of sp³-hybridized carbons (Fsp3) is 0.667. The predicted octanol–water partition coefficient (Wildman–Crippen LogP) is 1.28. The largest absolute Gasteiger partial charge is 0.378 e. The summed E-state index contributed by atoms with van der Waals surface area (Å²) < 4.78 is 5.29. The van der Waals surface area contributed by atoms with E-state index in [0.29, 0.717) is 43.6 Å². The van der Waals surface area contributed by atoms with E-state index >= 15 is 0 Å².